The number of carbonyl (C=O) groups excluding carboxylic acids is 1. The summed E-state index contributed by atoms with van der Waals surface area (Å²) in [6.45, 7) is 0.439. The molecule has 1 aromatic heterocycles. The zero-order chi connectivity index (χ0) is 22.0. The molecule has 1 heterocycles. The van der Waals surface area contributed by atoms with Crippen molar-refractivity contribution in [3.8, 4) is 0 Å². The van der Waals surface area contributed by atoms with Gasteiger partial charge in [0.15, 0.2) is 0 Å². The molecule has 2 aromatic carbocycles. The first-order valence-corrected chi connectivity index (χ1v) is 10.1. The number of amides is 1. The number of hydrogen-bond acceptors (Lipinski definition) is 6. The number of carboxylic acids is 1. The zero-order valence-electron chi connectivity index (χ0n) is 16.9. The predicted molar refractivity (Wildman–Crippen MR) is 118 cm³/mol. The van der Waals surface area contributed by atoms with Gasteiger partial charge in [0, 0.05) is 23.4 Å². The topological polar surface area (TPSA) is 135 Å². The monoisotopic (exact) mass is 417 g/mol. The van der Waals surface area contributed by atoms with Crippen molar-refractivity contribution in [3.05, 3.63) is 77.0 Å². The highest BCUT2D eigenvalue weighted by atomic mass is 16.4. The fraction of sp³-hybridized carbons (Fsp3) is 0.217. The first-order chi connectivity index (χ1) is 14.9. The molecule has 158 valence electrons. The largest absolute Gasteiger partial charge is 0.478 e. The summed E-state index contributed by atoms with van der Waals surface area (Å²) in [7, 11) is 0. The molecule has 8 nitrogen and oxygen atoms in total. The third-order valence-corrected chi connectivity index (χ3v) is 5.60. The number of fused-ring (bicyclic) bond motifs is 1. The molecule has 1 aliphatic carbocycles. The van der Waals surface area contributed by atoms with Gasteiger partial charge in [0.1, 0.15) is 5.82 Å². The van der Waals surface area contributed by atoms with Crippen molar-refractivity contribution < 1.29 is 14.7 Å². The van der Waals surface area contributed by atoms with Crippen molar-refractivity contribution in [1.82, 2.24) is 9.97 Å². The summed E-state index contributed by atoms with van der Waals surface area (Å²) in [5, 5.41) is 9.17. The fourth-order valence-electron chi connectivity index (χ4n) is 4.09. The number of aromatic nitrogens is 2. The van der Waals surface area contributed by atoms with E-state index in [2.05, 4.69) is 9.97 Å². The van der Waals surface area contributed by atoms with Crippen molar-refractivity contribution in [1.29, 1.82) is 0 Å². The van der Waals surface area contributed by atoms with Crippen LogP contribution in [0.4, 0.5) is 17.5 Å². The first kappa shape index (κ1) is 20.3. The van der Waals surface area contributed by atoms with Gasteiger partial charge in [-0.25, -0.2) is 9.78 Å². The zero-order valence-corrected chi connectivity index (χ0v) is 16.9. The molecule has 31 heavy (non-hydrogen) atoms. The third-order valence-electron chi connectivity index (χ3n) is 5.60. The lowest BCUT2D eigenvalue weighted by atomic mass is 9.98. The highest BCUT2D eigenvalue weighted by Gasteiger charge is 2.29. The smallest absolute Gasteiger partial charge is 0.335 e. The molecule has 0 aliphatic heterocycles. The van der Waals surface area contributed by atoms with E-state index in [1.54, 1.807) is 29.2 Å². The van der Waals surface area contributed by atoms with Crippen LogP contribution in [0.25, 0.3) is 0 Å². The van der Waals surface area contributed by atoms with Crippen LogP contribution in [0, 0.1) is 0 Å². The summed E-state index contributed by atoms with van der Waals surface area (Å²) in [5.41, 5.74) is 15.0. The third kappa shape index (κ3) is 4.18. The fourth-order valence-corrected chi connectivity index (χ4v) is 4.09. The van der Waals surface area contributed by atoms with Gasteiger partial charge in [-0.05, 0) is 61.6 Å². The lowest BCUT2D eigenvalue weighted by Crippen LogP contribution is -2.32. The molecule has 1 aliphatic rings. The van der Waals surface area contributed by atoms with Gasteiger partial charge in [0.2, 0.25) is 5.95 Å². The number of rotatable bonds is 6. The Labute approximate surface area is 179 Å². The number of carboxylic acid groups (broad SMARTS) is 1. The molecule has 1 atom stereocenters. The van der Waals surface area contributed by atoms with Gasteiger partial charge in [-0.2, -0.15) is 4.98 Å². The Morgan fingerprint density at radius 3 is 2.39 bits per heavy atom. The second kappa shape index (κ2) is 8.43. The van der Waals surface area contributed by atoms with Crippen LogP contribution in [0.3, 0.4) is 0 Å². The van der Waals surface area contributed by atoms with E-state index in [4.69, 9.17) is 11.5 Å². The first-order valence-electron chi connectivity index (χ1n) is 10.1. The number of carbonyl (C=O) groups is 2. The molecule has 5 N–H and O–H groups in total. The van der Waals surface area contributed by atoms with Crippen LogP contribution in [0.1, 0.15) is 50.7 Å². The van der Waals surface area contributed by atoms with Gasteiger partial charge in [0.05, 0.1) is 11.3 Å². The van der Waals surface area contributed by atoms with Crippen molar-refractivity contribution in [2.24, 2.45) is 0 Å². The molecular weight excluding hydrogens is 394 g/mol. The van der Waals surface area contributed by atoms with E-state index in [1.807, 2.05) is 18.2 Å². The number of nitrogens with zero attached hydrogens (tertiary/aromatic N) is 3. The van der Waals surface area contributed by atoms with E-state index >= 15 is 0 Å². The van der Waals surface area contributed by atoms with Crippen LogP contribution >= 0.6 is 0 Å². The molecule has 1 unspecified atom stereocenters. The molecular formula is C23H23N5O3. The standard InChI is InChI=1S/C23H23N5O3/c24-20-19-14(8-11-18(19)26-23(25)27-20)12-13-28(21(29)15-4-2-1-3-5-15)17-9-6-16(7-10-17)22(30)31/h1-7,9-10,14H,8,11-13H2,(H,30,31)(H4,24,25,26,27). The van der Waals surface area contributed by atoms with Gasteiger partial charge < -0.3 is 21.5 Å². The van der Waals surface area contributed by atoms with E-state index in [9.17, 15) is 14.7 Å². The highest BCUT2D eigenvalue weighted by molar-refractivity contribution is 6.06. The van der Waals surface area contributed by atoms with Crippen LogP contribution < -0.4 is 16.4 Å². The van der Waals surface area contributed by atoms with Crippen molar-refractivity contribution in [2.45, 2.75) is 25.2 Å². The van der Waals surface area contributed by atoms with Crippen LogP contribution in [0.5, 0.6) is 0 Å². The molecule has 8 heteroatoms. The average Bonchev–Trinajstić information content (AvgIpc) is 3.17. The molecule has 3 aromatic rings. The molecule has 0 radical (unpaired) electrons. The number of aromatic carboxylic acids is 1. The van der Waals surface area contributed by atoms with Crippen LogP contribution in [0.15, 0.2) is 54.6 Å². The lowest BCUT2D eigenvalue weighted by Gasteiger charge is -2.25. The second-order valence-corrected chi connectivity index (χ2v) is 7.53. The summed E-state index contributed by atoms with van der Waals surface area (Å²) in [6, 6.07) is 15.3. The minimum absolute atomic E-state index is 0.125. The number of anilines is 3. The van der Waals surface area contributed by atoms with Crippen molar-refractivity contribution in [3.63, 3.8) is 0 Å². The maximum atomic E-state index is 13.3. The van der Waals surface area contributed by atoms with E-state index in [-0.39, 0.29) is 23.3 Å². The second-order valence-electron chi connectivity index (χ2n) is 7.53. The maximum Gasteiger partial charge on any atom is 0.335 e. The van der Waals surface area contributed by atoms with Crippen LogP contribution in [-0.2, 0) is 6.42 Å². The molecule has 0 saturated heterocycles. The minimum atomic E-state index is -1.01. The number of benzene rings is 2. The highest BCUT2D eigenvalue weighted by Crippen LogP contribution is 2.38. The van der Waals surface area contributed by atoms with E-state index in [0.29, 0.717) is 30.0 Å². The van der Waals surface area contributed by atoms with Gasteiger partial charge >= 0.3 is 5.97 Å². The summed E-state index contributed by atoms with van der Waals surface area (Å²) < 4.78 is 0. The summed E-state index contributed by atoms with van der Waals surface area (Å²) in [6.07, 6.45) is 2.31. The van der Waals surface area contributed by atoms with E-state index in [1.165, 1.54) is 12.1 Å². The van der Waals surface area contributed by atoms with Crippen molar-refractivity contribution in [2.75, 3.05) is 22.9 Å². The Hall–Kier alpha value is -3.94. The normalized spacial score (nSPS) is 14.8. The quantitative estimate of drug-likeness (QED) is 0.561. The minimum Gasteiger partial charge on any atom is -0.478 e. The maximum absolute atomic E-state index is 13.3. The number of nitrogens with two attached hydrogens (primary N) is 2. The molecule has 4 rings (SSSR count). The van der Waals surface area contributed by atoms with Crippen LogP contribution in [-0.4, -0.2) is 33.5 Å². The van der Waals surface area contributed by atoms with Crippen LogP contribution in [0.2, 0.25) is 0 Å². The summed E-state index contributed by atoms with van der Waals surface area (Å²) in [4.78, 5) is 34.5. The van der Waals surface area contributed by atoms with Gasteiger partial charge in [-0.1, -0.05) is 18.2 Å². The Morgan fingerprint density at radius 1 is 1.00 bits per heavy atom. The molecule has 0 spiro atoms. The molecule has 0 saturated carbocycles. The molecule has 0 bridgehead atoms. The SMILES string of the molecule is Nc1nc(N)c2c(n1)CCC2CCN(C(=O)c1ccccc1)c1ccc(C(=O)O)cc1. The Bertz CT molecular complexity index is 1120. The van der Waals surface area contributed by atoms with Crippen molar-refractivity contribution >= 4 is 29.3 Å². The van der Waals surface area contributed by atoms with Gasteiger partial charge in [-0.15, -0.1) is 0 Å². The number of nitrogen functional groups attached to an aromatic ring is 2. The van der Waals surface area contributed by atoms with E-state index < -0.39 is 5.97 Å². The Balaban J connectivity index is 1.60. The van der Waals surface area contributed by atoms with Gasteiger partial charge in [0.25, 0.3) is 5.91 Å². The molecule has 1 amide bonds. The Morgan fingerprint density at radius 2 is 1.71 bits per heavy atom. The van der Waals surface area contributed by atoms with E-state index in [0.717, 1.165) is 24.1 Å². The molecule has 0 fully saturated rings. The Kier molecular flexibility index (Phi) is 5.53. The summed E-state index contributed by atoms with van der Waals surface area (Å²) in [5.74, 6) is -0.457. The number of hydrogen-bond donors (Lipinski definition) is 3. The summed E-state index contributed by atoms with van der Waals surface area (Å²) >= 11 is 0. The number of aryl methyl sites for hydroxylation is 1. The lowest BCUT2D eigenvalue weighted by molar-refractivity contribution is 0.0696. The predicted octanol–water partition coefficient (Wildman–Crippen LogP) is 3.11. The van der Waals surface area contributed by atoms with Gasteiger partial charge in [-0.3, -0.25) is 4.79 Å². The average molecular weight is 417 g/mol.